The summed E-state index contributed by atoms with van der Waals surface area (Å²) >= 11 is 0. The molecule has 2 rings (SSSR count). The van der Waals surface area contributed by atoms with Crippen molar-refractivity contribution in [1.29, 1.82) is 0 Å². The van der Waals surface area contributed by atoms with E-state index >= 15 is 0 Å². The molecule has 0 aliphatic heterocycles. The average molecular weight is 278 g/mol. The molecule has 108 valence electrons. The number of nitrogens with one attached hydrogen (secondary N) is 1. The van der Waals surface area contributed by atoms with E-state index in [1.807, 2.05) is 0 Å². The first-order valence-corrected chi connectivity index (χ1v) is 6.73. The van der Waals surface area contributed by atoms with E-state index in [0.29, 0.717) is 12.1 Å². The molecule has 0 radical (unpaired) electrons. The molecule has 2 atom stereocenters. The second kappa shape index (κ2) is 5.90. The van der Waals surface area contributed by atoms with Crippen molar-refractivity contribution >= 4 is 17.3 Å². The number of benzene rings is 1. The summed E-state index contributed by atoms with van der Waals surface area (Å²) < 4.78 is 0. The Morgan fingerprint density at radius 3 is 2.70 bits per heavy atom. The van der Waals surface area contributed by atoms with Gasteiger partial charge in [0.25, 0.3) is 5.69 Å². The number of rotatable bonds is 4. The molecule has 1 fully saturated rings. The third kappa shape index (κ3) is 3.26. The fraction of sp³-hybridized carbons (Fsp3) is 0.500. The normalized spacial score (nSPS) is 22.2. The average Bonchev–Trinajstić information content (AvgIpc) is 2.38. The fourth-order valence-corrected chi connectivity index (χ4v) is 2.76. The van der Waals surface area contributed by atoms with Crippen LogP contribution in [0.1, 0.15) is 31.2 Å². The Bertz CT molecular complexity index is 530. The molecule has 0 spiro atoms. The Morgan fingerprint density at radius 2 is 2.05 bits per heavy atom. The van der Waals surface area contributed by atoms with E-state index < -0.39 is 16.8 Å². The zero-order valence-corrected chi connectivity index (χ0v) is 11.3. The highest BCUT2D eigenvalue weighted by Crippen LogP contribution is 2.29. The number of hydrogen-bond acceptors (Lipinski definition) is 4. The first-order chi connectivity index (χ1) is 9.47. The van der Waals surface area contributed by atoms with Crippen molar-refractivity contribution in [3.8, 4) is 0 Å². The maximum Gasteiger partial charge on any atom is 0.308 e. The van der Waals surface area contributed by atoms with E-state index in [4.69, 9.17) is 0 Å². The van der Waals surface area contributed by atoms with Crippen LogP contribution < -0.4 is 5.32 Å². The van der Waals surface area contributed by atoms with Gasteiger partial charge in [-0.1, -0.05) is 12.8 Å². The standard InChI is InChI=1S/C14H18N2O4/c1-9-6-10(8-11(7-9)16(19)20)15-13-5-3-2-4-12(13)14(17)18/h6-8,12-13,15H,2-5H2,1H3,(H,17,18). The monoisotopic (exact) mass is 278 g/mol. The van der Waals surface area contributed by atoms with E-state index in [2.05, 4.69) is 5.32 Å². The van der Waals surface area contributed by atoms with E-state index in [-0.39, 0.29) is 11.7 Å². The van der Waals surface area contributed by atoms with Crippen LogP contribution in [0.4, 0.5) is 11.4 Å². The smallest absolute Gasteiger partial charge is 0.308 e. The Morgan fingerprint density at radius 1 is 1.35 bits per heavy atom. The molecule has 1 aromatic rings. The molecule has 1 saturated carbocycles. The summed E-state index contributed by atoms with van der Waals surface area (Å²) in [5.74, 6) is -1.23. The van der Waals surface area contributed by atoms with Gasteiger partial charge >= 0.3 is 5.97 Å². The summed E-state index contributed by atoms with van der Waals surface area (Å²) in [6.07, 6.45) is 3.33. The van der Waals surface area contributed by atoms with E-state index in [0.717, 1.165) is 24.8 Å². The van der Waals surface area contributed by atoms with Gasteiger partial charge in [-0.2, -0.15) is 0 Å². The van der Waals surface area contributed by atoms with Gasteiger partial charge in [0, 0.05) is 23.9 Å². The van der Waals surface area contributed by atoms with Gasteiger partial charge < -0.3 is 10.4 Å². The van der Waals surface area contributed by atoms with Crippen molar-refractivity contribution in [2.45, 2.75) is 38.6 Å². The second-order valence-corrected chi connectivity index (χ2v) is 5.29. The van der Waals surface area contributed by atoms with E-state index in [1.165, 1.54) is 12.1 Å². The zero-order chi connectivity index (χ0) is 14.7. The van der Waals surface area contributed by atoms with Gasteiger partial charge in [-0.3, -0.25) is 14.9 Å². The number of hydrogen-bond donors (Lipinski definition) is 2. The van der Waals surface area contributed by atoms with Crippen LogP contribution in [0.15, 0.2) is 18.2 Å². The molecular formula is C14H18N2O4. The number of aliphatic carboxylic acids is 1. The third-order valence-electron chi connectivity index (χ3n) is 3.71. The van der Waals surface area contributed by atoms with Crippen molar-refractivity contribution in [3.63, 3.8) is 0 Å². The van der Waals surface area contributed by atoms with Crippen LogP contribution >= 0.6 is 0 Å². The van der Waals surface area contributed by atoms with Crippen molar-refractivity contribution in [1.82, 2.24) is 0 Å². The molecule has 2 unspecified atom stereocenters. The van der Waals surface area contributed by atoms with Crippen LogP contribution in [0.25, 0.3) is 0 Å². The molecule has 0 amide bonds. The Balaban J connectivity index is 2.19. The van der Waals surface area contributed by atoms with Crippen LogP contribution in [-0.4, -0.2) is 22.0 Å². The molecular weight excluding hydrogens is 260 g/mol. The molecule has 1 aliphatic carbocycles. The molecule has 6 nitrogen and oxygen atoms in total. The largest absolute Gasteiger partial charge is 0.481 e. The van der Waals surface area contributed by atoms with Crippen LogP contribution in [0.5, 0.6) is 0 Å². The highest BCUT2D eigenvalue weighted by atomic mass is 16.6. The van der Waals surface area contributed by atoms with Gasteiger partial charge in [0.1, 0.15) is 0 Å². The quantitative estimate of drug-likeness (QED) is 0.652. The van der Waals surface area contributed by atoms with Gasteiger partial charge in [0.15, 0.2) is 0 Å². The number of carbonyl (C=O) groups is 1. The SMILES string of the molecule is Cc1cc(NC2CCCCC2C(=O)O)cc([N+](=O)[O-])c1. The van der Waals surface area contributed by atoms with Crippen LogP contribution in [0.3, 0.4) is 0 Å². The molecule has 20 heavy (non-hydrogen) atoms. The fourth-order valence-electron chi connectivity index (χ4n) is 2.76. The molecule has 0 bridgehead atoms. The lowest BCUT2D eigenvalue weighted by atomic mass is 9.84. The Kier molecular flexibility index (Phi) is 4.22. The minimum Gasteiger partial charge on any atom is -0.481 e. The number of carboxylic acids is 1. The van der Waals surface area contributed by atoms with Crippen molar-refractivity contribution in [2.75, 3.05) is 5.32 Å². The molecule has 2 N–H and O–H groups in total. The molecule has 0 saturated heterocycles. The van der Waals surface area contributed by atoms with Crippen LogP contribution in [0, 0.1) is 23.0 Å². The van der Waals surface area contributed by atoms with Crippen LogP contribution in [-0.2, 0) is 4.79 Å². The number of anilines is 1. The van der Waals surface area contributed by atoms with Gasteiger partial charge in [-0.15, -0.1) is 0 Å². The lowest BCUT2D eigenvalue weighted by Gasteiger charge is -2.30. The van der Waals surface area contributed by atoms with Gasteiger partial charge in [-0.25, -0.2) is 0 Å². The number of nitrogens with zero attached hydrogens (tertiary/aromatic N) is 1. The van der Waals surface area contributed by atoms with Crippen molar-refractivity contribution in [3.05, 3.63) is 33.9 Å². The van der Waals surface area contributed by atoms with Crippen molar-refractivity contribution < 1.29 is 14.8 Å². The first kappa shape index (κ1) is 14.3. The topological polar surface area (TPSA) is 92.5 Å². The molecule has 1 aliphatic rings. The minimum atomic E-state index is -0.802. The number of carboxylic acid groups (broad SMARTS) is 1. The Labute approximate surface area is 117 Å². The maximum absolute atomic E-state index is 11.2. The zero-order valence-electron chi connectivity index (χ0n) is 11.3. The summed E-state index contributed by atoms with van der Waals surface area (Å²) in [6.45, 7) is 1.79. The van der Waals surface area contributed by atoms with Gasteiger partial charge in [-0.05, 0) is 31.4 Å². The molecule has 0 aromatic heterocycles. The number of nitro benzene ring substituents is 1. The number of aryl methyl sites for hydroxylation is 1. The summed E-state index contributed by atoms with van der Waals surface area (Å²) in [7, 11) is 0. The first-order valence-electron chi connectivity index (χ1n) is 6.73. The van der Waals surface area contributed by atoms with E-state index in [9.17, 15) is 20.0 Å². The molecule has 6 heteroatoms. The summed E-state index contributed by atoms with van der Waals surface area (Å²) in [6, 6.07) is 4.60. The third-order valence-corrected chi connectivity index (χ3v) is 3.71. The predicted molar refractivity (Wildman–Crippen MR) is 74.8 cm³/mol. The van der Waals surface area contributed by atoms with E-state index in [1.54, 1.807) is 13.0 Å². The lowest BCUT2D eigenvalue weighted by Crippen LogP contribution is -2.37. The van der Waals surface area contributed by atoms with Crippen LogP contribution in [0.2, 0.25) is 0 Å². The number of non-ortho nitro benzene ring substituents is 1. The summed E-state index contributed by atoms with van der Waals surface area (Å²) in [5, 5.41) is 23.3. The lowest BCUT2D eigenvalue weighted by molar-refractivity contribution is -0.384. The van der Waals surface area contributed by atoms with Crippen molar-refractivity contribution in [2.24, 2.45) is 5.92 Å². The summed E-state index contributed by atoms with van der Waals surface area (Å²) in [4.78, 5) is 21.7. The maximum atomic E-state index is 11.2. The van der Waals surface area contributed by atoms with Gasteiger partial charge in [0.2, 0.25) is 0 Å². The predicted octanol–water partition coefficient (Wildman–Crippen LogP) is 2.96. The molecule has 0 heterocycles. The van der Waals surface area contributed by atoms with Gasteiger partial charge in [0.05, 0.1) is 10.8 Å². The second-order valence-electron chi connectivity index (χ2n) is 5.29. The number of nitro groups is 1. The highest BCUT2D eigenvalue weighted by molar-refractivity contribution is 5.72. The minimum absolute atomic E-state index is 0.0233. The summed E-state index contributed by atoms with van der Waals surface area (Å²) in [5.41, 5.74) is 1.43. The highest BCUT2D eigenvalue weighted by Gasteiger charge is 2.30. The molecule has 1 aromatic carbocycles. The Hall–Kier alpha value is -2.11.